The molecule has 78 valence electrons. The van der Waals surface area contributed by atoms with E-state index in [1.165, 1.54) is 0 Å². The molecule has 3 heterocycles. The average molecular weight is 211 g/mol. The first-order valence-electron chi connectivity index (χ1n) is 4.99. The van der Waals surface area contributed by atoms with Crippen molar-refractivity contribution >= 4 is 5.65 Å². The van der Waals surface area contributed by atoms with E-state index in [1.54, 1.807) is 16.9 Å². The average Bonchev–Trinajstić information content (AvgIpc) is 2.74. The maximum absolute atomic E-state index is 4.25. The lowest BCUT2D eigenvalue weighted by atomic mass is 10.2. The van der Waals surface area contributed by atoms with Gasteiger partial charge in [0.05, 0.1) is 6.42 Å². The van der Waals surface area contributed by atoms with Gasteiger partial charge >= 0.3 is 0 Å². The molecular weight excluding hydrogens is 202 g/mol. The summed E-state index contributed by atoms with van der Waals surface area (Å²) in [7, 11) is 0. The number of hydrogen-bond donors (Lipinski definition) is 0. The Morgan fingerprint density at radius 1 is 1.00 bits per heavy atom. The van der Waals surface area contributed by atoms with Gasteiger partial charge in [0, 0.05) is 18.1 Å². The molecule has 5 heteroatoms. The van der Waals surface area contributed by atoms with E-state index in [0.717, 1.165) is 17.2 Å². The van der Waals surface area contributed by atoms with Crippen LogP contribution in [0.25, 0.3) is 5.65 Å². The van der Waals surface area contributed by atoms with Crippen molar-refractivity contribution in [2.75, 3.05) is 0 Å². The van der Waals surface area contributed by atoms with Crippen molar-refractivity contribution in [2.24, 2.45) is 0 Å². The summed E-state index contributed by atoms with van der Waals surface area (Å²) in [6, 6.07) is 9.53. The largest absolute Gasteiger partial charge is 0.261 e. The molecule has 0 aliphatic heterocycles. The Bertz CT molecular complexity index is 602. The standard InChI is InChI=1S/C11H9N5/c1-2-6-12-9(4-1)8-11-15-14-10-5-3-7-13-16(10)11/h1-7H,8H2. The van der Waals surface area contributed by atoms with Crippen LogP contribution in [0, 0.1) is 0 Å². The molecule has 3 aromatic heterocycles. The molecule has 0 radical (unpaired) electrons. The summed E-state index contributed by atoms with van der Waals surface area (Å²) in [5, 5.41) is 12.3. The van der Waals surface area contributed by atoms with Crippen molar-refractivity contribution in [1.82, 2.24) is 24.8 Å². The van der Waals surface area contributed by atoms with Crippen LogP contribution in [0.3, 0.4) is 0 Å². The molecule has 0 saturated heterocycles. The van der Waals surface area contributed by atoms with E-state index in [2.05, 4.69) is 20.3 Å². The number of aromatic nitrogens is 5. The highest BCUT2D eigenvalue weighted by Gasteiger charge is 2.06. The smallest absolute Gasteiger partial charge is 0.177 e. The number of hydrogen-bond acceptors (Lipinski definition) is 4. The highest BCUT2D eigenvalue weighted by molar-refractivity contribution is 5.35. The van der Waals surface area contributed by atoms with Gasteiger partial charge in [-0.3, -0.25) is 4.98 Å². The van der Waals surface area contributed by atoms with E-state index >= 15 is 0 Å². The lowest BCUT2D eigenvalue weighted by Gasteiger charge is -1.97. The third kappa shape index (κ3) is 1.52. The summed E-state index contributed by atoms with van der Waals surface area (Å²) in [5.41, 5.74) is 1.72. The molecule has 0 saturated carbocycles. The van der Waals surface area contributed by atoms with Gasteiger partial charge in [-0.2, -0.15) is 9.61 Å². The first kappa shape index (κ1) is 8.96. The quantitative estimate of drug-likeness (QED) is 0.637. The summed E-state index contributed by atoms with van der Waals surface area (Å²) < 4.78 is 1.73. The van der Waals surface area contributed by atoms with Gasteiger partial charge in [0.15, 0.2) is 11.5 Å². The molecule has 3 rings (SSSR count). The molecule has 0 amide bonds. The molecule has 16 heavy (non-hydrogen) atoms. The maximum atomic E-state index is 4.25. The predicted molar refractivity (Wildman–Crippen MR) is 57.8 cm³/mol. The highest BCUT2D eigenvalue weighted by atomic mass is 15.4. The second-order valence-corrected chi connectivity index (χ2v) is 3.41. The van der Waals surface area contributed by atoms with Gasteiger partial charge in [-0.1, -0.05) is 6.07 Å². The third-order valence-corrected chi connectivity index (χ3v) is 2.31. The van der Waals surface area contributed by atoms with Gasteiger partial charge in [0.1, 0.15) is 0 Å². The van der Waals surface area contributed by atoms with Crippen molar-refractivity contribution in [1.29, 1.82) is 0 Å². The summed E-state index contributed by atoms with van der Waals surface area (Å²) >= 11 is 0. The van der Waals surface area contributed by atoms with Crippen molar-refractivity contribution in [3.05, 3.63) is 54.2 Å². The molecule has 3 aromatic rings. The topological polar surface area (TPSA) is 56.0 Å². The summed E-state index contributed by atoms with van der Waals surface area (Å²) in [6.45, 7) is 0. The van der Waals surface area contributed by atoms with Crippen LogP contribution in [-0.4, -0.2) is 24.8 Å². The molecule has 0 N–H and O–H groups in total. The Morgan fingerprint density at radius 3 is 2.88 bits per heavy atom. The second kappa shape index (κ2) is 3.69. The van der Waals surface area contributed by atoms with Gasteiger partial charge in [0.25, 0.3) is 0 Å². The molecule has 0 atom stereocenters. The number of pyridine rings is 1. The Hall–Kier alpha value is -2.30. The van der Waals surface area contributed by atoms with Crippen molar-refractivity contribution in [2.45, 2.75) is 6.42 Å². The first-order valence-corrected chi connectivity index (χ1v) is 4.99. The van der Waals surface area contributed by atoms with E-state index in [9.17, 15) is 0 Å². The molecule has 5 nitrogen and oxygen atoms in total. The second-order valence-electron chi connectivity index (χ2n) is 3.41. The van der Waals surface area contributed by atoms with E-state index in [4.69, 9.17) is 0 Å². The summed E-state index contributed by atoms with van der Waals surface area (Å²) in [6.07, 6.45) is 4.13. The molecule has 0 aliphatic carbocycles. The minimum absolute atomic E-state index is 0.638. The fourth-order valence-electron chi connectivity index (χ4n) is 1.56. The molecule has 0 spiro atoms. The van der Waals surface area contributed by atoms with E-state index < -0.39 is 0 Å². The van der Waals surface area contributed by atoms with Gasteiger partial charge in [-0.05, 0) is 24.3 Å². The lowest BCUT2D eigenvalue weighted by molar-refractivity contribution is 0.826. The zero-order valence-electron chi connectivity index (χ0n) is 8.48. The van der Waals surface area contributed by atoms with E-state index in [-0.39, 0.29) is 0 Å². The summed E-state index contributed by atoms with van der Waals surface area (Å²) in [5.74, 6) is 0.800. The van der Waals surface area contributed by atoms with Crippen LogP contribution in [-0.2, 0) is 6.42 Å². The van der Waals surface area contributed by atoms with Gasteiger partial charge in [-0.15, -0.1) is 10.2 Å². The maximum Gasteiger partial charge on any atom is 0.177 e. The van der Waals surface area contributed by atoms with Crippen LogP contribution in [0.5, 0.6) is 0 Å². The van der Waals surface area contributed by atoms with Gasteiger partial charge < -0.3 is 0 Å². The third-order valence-electron chi connectivity index (χ3n) is 2.31. The van der Waals surface area contributed by atoms with Crippen LogP contribution >= 0.6 is 0 Å². The zero-order valence-corrected chi connectivity index (χ0v) is 8.48. The minimum atomic E-state index is 0.638. The molecule has 0 unspecified atom stereocenters. The van der Waals surface area contributed by atoms with Crippen LogP contribution in [0.15, 0.2) is 42.7 Å². The molecule has 0 fully saturated rings. The predicted octanol–water partition coefficient (Wildman–Crippen LogP) is 1.11. The van der Waals surface area contributed by atoms with Gasteiger partial charge in [-0.25, -0.2) is 0 Å². The van der Waals surface area contributed by atoms with Crippen LogP contribution < -0.4 is 0 Å². The minimum Gasteiger partial charge on any atom is -0.261 e. The Labute approximate surface area is 91.8 Å². The summed E-state index contributed by atoms with van der Waals surface area (Å²) in [4.78, 5) is 4.25. The zero-order chi connectivity index (χ0) is 10.8. The first-order chi connectivity index (χ1) is 7.93. The lowest BCUT2D eigenvalue weighted by Crippen LogP contribution is -2.00. The van der Waals surface area contributed by atoms with Crippen molar-refractivity contribution in [3.63, 3.8) is 0 Å². The molecular formula is C11H9N5. The fraction of sp³-hybridized carbons (Fsp3) is 0.0909. The van der Waals surface area contributed by atoms with Crippen molar-refractivity contribution in [3.8, 4) is 0 Å². The van der Waals surface area contributed by atoms with E-state index in [1.807, 2.05) is 30.3 Å². The monoisotopic (exact) mass is 211 g/mol. The van der Waals surface area contributed by atoms with Crippen LogP contribution in [0.2, 0.25) is 0 Å². The normalized spacial score (nSPS) is 10.8. The molecule has 0 bridgehead atoms. The highest BCUT2D eigenvalue weighted by Crippen LogP contribution is 2.05. The van der Waals surface area contributed by atoms with Gasteiger partial charge in [0.2, 0.25) is 0 Å². The Balaban J connectivity index is 2.01. The number of fused-ring (bicyclic) bond motifs is 1. The Morgan fingerprint density at radius 2 is 2.00 bits per heavy atom. The molecule has 0 aromatic carbocycles. The number of nitrogens with zero attached hydrogens (tertiary/aromatic N) is 5. The SMILES string of the molecule is c1ccc(Cc2nnc3cccnn23)nc1. The van der Waals surface area contributed by atoms with Crippen molar-refractivity contribution < 1.29 is 0 Å². The Kier molecular flexibility index (Phi) is 2.07. The van der Waals surface area contributed by atoms with Crippen LogP contribution in [0.4, 0.5) is 0 Å². The van der Waals surface area contributed by atoms with Crippen LogP contribution in [0.1, 0.15) is 11.5 Å². The molecule has 0 aliphatic rings. The fourth-order valence-corrected chi connectivity index (χ4v) is 1.56. The number of rotatable bonds is 2. The van der Waals surface area contributed by atoms with E-state index in [0.29, 0.717) is 6.42 Å².